The highest BCUT2D eigenvalue weighted by atomic mass is 16.4. The Hall–Kier alpha value is -2.87. The van der Waals surface area contributed by atoms with Crippen LogP contribution in [0.15, 0.2) is 30.3 Å². The Morgan fingerprint density at radius 1 is 1.33 bits per heavy atom. The van der Waals surface area contributed by atoms with Gasteiger partial charge in [0.15, 0.2) is 0 Å². The predicted molar refractivity (Wildman–Crippen MR) is 77.7 cm³/mol. The first kappa shape index (κ1) is 13.1. The van der Waals surface area contributed by atoms with Crippen LogP contribution in [0.25, 0.3) is 0 Å². The van der Waals surface area contributed by atoms with Gasteiger partial charge in [-0.1, -0.05) is 6.07 Å². The van der Waals surface area contributed by atoms with Crippen molar-refractivity contribution in [2.24, 2.45) is 0 Å². The molecule has 0 radical (unpaired) electrons. The number of hydrogen-bond acceptors (Lipinski definition) is 4. The van der Waals surface area contributed by atoms with E-state index in [1.54, 1.807) is 12.1 Å². The van der Waals surface area contributed by atoms with Crippen molar-refractivity contribution in [1.29, 1.82) is 5.26 Å². The van der Waals surface area contributed by atoms with E-state index < -0.39 is 5.97 Å². The predicted octanol–water partition coefficient (Wildman–Crippen LogP) is 2.88. The molecule has 1 heterocycles. The number of carboxylic acids is 1. The fraction of sp³-hybridized carbons (Fsp3) is 0.188. The molecule has 0 spiro atoms. The molecule has 0 fully saturated rings. The summed E-state index contributed by atoms with van der Waals surface area (Å²) < 4.78 is 0. The summed E-state index contributed by atoms with van der Waals surface area (Å²) in [6.45, 7) is 0. The number of nitriles is 1. The van der Waals surface area contributed by atoms with Gasteiger partial charge < -0.3 is 10.4 Å². The third kappa shape index (κ3) is 2.56. The third-order valence-electron chi connectivity index (χ3n) is 3.54. The van der Waals surface area contributed by atoms with Crippen LogP contribution in [0.5, 0.6) is 0 Å². The lowest BCUT2D eigenvalue weighted by Crippen LogP contribution is -2.02. The van der Waals surface area contributed by atoms with Crippen molar-refractivity contribution in [3.8, 4) is 6.07 Å². The molecule has 0 unspecified atom stereocenters. The van der Waals surface area contributed by atoms with E-state index in [0.717, 1.165) is 30.5 Å². The van der Waals surface area contributed by atoms with Gasteiger partial charge >= 0.3 is 5.97 Å². The molecule has 0 saturated heterocycles. The number of aromatic carboxylic acids is 1. The first-order chi connectivity index (χ1) is 10.2. The van der Waals surface area contributed by atoms with E-state index in [9.17, 15) is 10.1 Å². The highest BCUT2D eigenvalue weighted by molar-refractivity contribution is 5.89. The molecule has 3 rings (SSSR count). The number of carbonyl (C=O) groups is 1. The number of rotatable bonds is 3. The fourth-order valence-corrected chi connectivity index (χ4v) is 2.52. The Kier molecular flexibility index (Phi) is 3.28. The summed E-state index contributed by atoms with van der Waals surface area (Å²) in [7, 11) is 0. The first-order valence-corrected chi connectivity index (χ1v) is 6.70. The van der Waals surface area contributed by atoms with Gasteiger partial charge in [-0.3, -0.25) is 0 Å². The molecule has 2 aromatic rings. The number of benzene rings is 1. The minimum Gasteiger partial charge on any atom is -0.478 e. The average molecular weight is 279 g/mol. The van der Waals surface area contributed by atoms with Crippen molar-refractivity contribution < 1.29 is 9.90 Å². The Balaban J connectivity index is 1.96. The molecule has 1 aromatic carbocycles. The average Bonchev–Trinajstić information content (AvgIpc) is 2.93. The smallest absolute Gasteiger partial charge is 0.335 e. The zero-order valence-corrected chi connectivity index (χ0v) is 11.3. The van der Waals surface area contributed by atoms with Crippen molar-refractivity contribution >= 4 is 17.5 Å². The minimum absolute atomic E-state index is 0.194. The number of hydrogen-bond donors (Lipinski definition) is 2. The molecular weight excluding hydrogens is 266 g/mol. The second-order valence-electron chi connectivity index (χ2n) is 4.97. The third-order valence-corrected chi connectivity index (χ3v) is 3.54. The van der Waals surface area contributed by atoms with Crippen molar-refractivity contribution in [1.82, 2.24) is 4.98 Å². The quantitative estimate of drug-likeness (QED) is 0.902. The van der Waals surface area contributed by atoms with E-state index >= 15 is 0 Å². The molecule has 5 heteroatoms. The monoisotopic (exact) mass is 279 g/mol. The number of nitrogens with zero attached hydrogens (tertiary/aromatic N) is 2. The Morgan fingerprint density at radius 2 is 2.19 bits per heavy atom. The highest BCUT2D eigenvalue weighted by Gasteiger charge is 2.16. The molecule has 1 aromatic heterocycles. The lowest BCUT2D eigenvalue weighted by Gasteiger charge is -2.10. The summed E-state index contributed by atoms with van der Waals surface area (Å²) in [5, 5.41) is 21.3. The number of nitrogens with one attached hydrogen (secondary N) is 1. The molecule has 104 valence electrons. The van der Waals surface area contributed by atoms with Gasteiger partial charge in [-0.05, 0) is 49.1 Å². The Morgan fingerprint density at radius 3 is 2.95 bits per heavy atom. The van der Waals surface area contributed by atoms with E-state index in [0.29, 0.717) is 17.1 Å². The molecule has 2 N–H and O–H groups in total. The summed E-state index contributed by atoms with van der Waals surface area (Å²) in [4.78, 5) is 15.5. The maximum Gasteiger partial charge on any atom is 0.335 e. The van der Waals surface area contributed by atoms with Crippen LogP contribution in [0.1, 0.15) is 33.6 Å². The molecule has 0 bridgehead atoms. The van der Waals surface area contributed by atoms with Crippen LogP contribution in [0.4, 0.5) is 11.5 Å². The van der Waals surface area contributed by atoms with Gasteiger partial charge in [-0.2, -0.15) is 5.26 Å². The van der Waals surface area contributed by atoms with E-state index in [1.165, 1.54) is 12.1 Å². The molecular formula is C16H13N3O2. The topological polar surface area (TPSA) is 86.0 Å². The molecule has 0 atom stereocenters. The number of anilines is 2. The zero-order chi connectivity index (χ0) is 14.8. The van der Waals surface area contributed by atoms with Crippen LogP contribution in [0.2, 0.25) is 0 Å². The van der Waals surface area contributed by atoms with Crippen LogP contribution < -0.4 is 5.32 Å². The molecule has 0 aliphatic heterocycles. The molecule has 21 heavy (non-hydrogen) atoms. The number of fused-ring (bicyclic) bond motifs is 1. The van der Waals surface area contributed by atoms with Crippen LogP contribution in [0, 0.1) is 11.3 Å². The fourth-order valence-electron chi connectivity index (χ4n) is 2.52. The minimum atomic E-state index is -0.985. The van der Waals surface area contributed by atoms with Crippen molar-refractivity contribution in [3.05, 3.63) is 52.7 Å². The second kappa shape index (κ2) is 5.25. The molecule has 1 aliphatic carbocycles. The first-order valence-electron chi connectivity index (χ1n) is 6.70. The normalized spacial score (nSPS) is 12.5. The van der Waals surface area contributed by atoms with E-state index in [1.807, 2.05) is 6.07 Å². The molecule has 5 nitrogen and oxygen atoms in total. The van der Waals surface area contributed by atoms with Gasteiger partial charge in [-0.25, -0.2) is 9.78 Å². The van der Waals surface area contributed by atoms with Crippen molar-refractivity contribution in [2.75, 3.05) is 5.32 Å². The second-order valence-corrected chi connectivity index (χ2v) is 4.97. The Bertz CT molecular complexity index is 763. The lowest BCUT2D eigenvalue weighted by molar-refractivity contribution is 0.0697. The van der Waals surface area contributed by atoms with Crippen molar-refractivity contribution in [3.63, 3.8) is 0 Å². The summed E-state index contributed by atoms with van der Waals surface area (Å²) in [6, 6.07) is 10.5. The zero-order valence-electron chi connectivity index (χ0n) is 11.3. The molecule has 0 amide bonds. The summed E-state index contributed by atoms with van der Waals surface area (Å²) in [5.74, 6) is -0.498. The lowest BCUT2D eigenvalue weighted by atomic mass is 10.1. The SMILES string of the molecule is N#Cc1cc2c(nc1Nc1cccc(C(=O)O)c1)CCC2. The maximum atomic E-state index is 11.0. The van der Waals surface area contributed by atoms with Crippen LogP contribution >= 0.6 is 0 Å². The number of aryl methyl sites for hydroxylation is 2. The van der Waals surface area contributed by atoms with Gasteiger partial charge in [-0.15, -0.1) is 0 Å². The van der Waals surface area contributed by atoms with Gasteiger partial charge in [0.05, 0.1) is 11.1 Å². The van der Waals surface area contributed by atoms with Crippen LogP contribution in [0.3, 0.4) is 0 Å². The standard InChI is InChI=1S/C16H13N3O2/c17-9-12-7-10-3-2-6-14(10)19-15(12)18-13-5-1-4-11(8-13)16(20)21/h1,4-5,7-8H,2-3,6H2,(H,18,19)(H,20,21). The number of aromatic nitrogens is 1. The largest absolute Gasteiger partial charge is 0.478 e. The van der Waals surface area contributed by atoms with Gasteiger partial charge in [0, 0.05) is 11.4 Å². The number of carboxylic acid groups (broad SMARTS) is 1. The highest BCUT2D eigenvalue weighted by Crippen LogP contribution is 2.27. The Labute approximate surface area is 121 Å². The van der Waals surface area contributed by atoms with Crippen molar-refractivity contribution in [2.45, 2.75) is 19.3 Å². The van der Waals surface area contributed by atoms with E-state index in [4.69, 9.17) is 5.11 Å². The van der Waals surface area contributed by atoms with E-state index in [2.05, 4.69) is 16.4 Å². The van der Waals surface area contributed by atoms with Crippen LogP contribution in [-0.2, 0) is 12.8 Å². The number of pyridine rings is 1. The maximum absolute atomic E-state index is 11.0. The van der Waals surface area contributed by atoms with E-state index in [-0.39, 0.29) is 5.56 Å². The summed E-state index contributed by atoms with van der Waals surface area (Å²) in [6.07, 6.45) is 2.95. The summed E-state index contributed by atoms with van der Waals surface area (Å²) >= 11 is 0. The van der Waals surface area contributed by atoms with Gasteiger partial charge in [0.2, 0.25) is 0 Å². The molecule has 0 saturated carbocycles. The van der Waals surface area contributed by atoms with Gasteiger partial charge in [0.25, 0.3) is 0 Å². The van der Waals surface area contributed by atoms with Crippen LogP contribution in [-0.4, -0.2) is 16.1 Å². The summed E-state index contributed by atoms with van der Waals surface area (Å²) in [5.41, 5.74) is 3.44. The van der Waals surface area contributed by atoms with Gasteiger partial charge in [0.1, 0.15) is 11.9 Å². The molecule has 1 aliphatic rings.